The fourth-order valence-corrected chi connectivity index (χ4v) is 2.38. The molecule has 0 atom stereocenters. The summed E-state index contributed by atoms with van der Waals surface area (Å²) in [5.74, 6) is 0. The van der Waals surface area contributed by atoms with Crippen LogP contribution in [0.2, 0.25) is 0 Å². The molecule has 0 aliphatic heterocycles. The van der Waals surface area contributed by atoms with Gasteiger partial charge in [0.25, 0.3) is 5.56 Å². The second kappa shape index (κ2) is 7.06. The number of benzene rings is 1. The highest BCUT2D eigenvalue weighted by atomic mass is 16.1. The minimum Gasteiger partial charge on any atom is -0.326 e. The molecule has 20 heavy (non-hydrogen) atoms. The molecule has 0 amide bonds. The molecule has 1 aromatic carbocycles. The Labute approximate surface area is 120 Å². The molecule has 0 aliphatic rings. The van der Waals surface area contributed by atoms with Crippen LogP contribution in [-0.2, 0) is 13.1 Å². The van der Waals surface area contributed by atoms with E-state index in [4.69, 9.17) is 5.73 Å². The van der Waals surface area contributed by atoms with Gasteiger partial charge in [-0.25, -0.2) is 0 Å². The maximum absolute atomic E-state index is 12.5. The molecule has 0 saturated carbocycles. The van der Waals surface area contributed by atoms with E-state index in [1.54, 1.807) is 0 Å². The Bertz CT molecular complexity index is 602. The lowest BCUT2D eigenvalue weighted by Crippen LogP contribution is -2.26. The Hall–Kier alpha value is -1.87. The highest BCUT2D eigenvalue weighted by Gasteiger charge is 2.09. The molecule has 0 fully saturated rings. The van der Waals surface area contributed by atoms with Gasteiger partial charge in [-0.2, -0.15) is 0 Å². The molecule has 0 radical (unpaired) electrons. The molecule has 106 valence electrons. The Balaban J connectivity index is 2.45. The molecule has 1 aromatic heterocycles. The van der Waals surface area contributed by atoms with E-state index in [1.165, 1.54) is 0 Å². The smallest absolute Gasteiger partial charge is 0.255 e. The van der Waals surface area contributed by atoms with Gasteiger partial charge < -0.3 is 10.3 Å². The van der Waals surface area contributed by atoms with Crippen molar-refractivity contribution in [2.24, 2.45) is 5.73 Å². The molecule has 1 heterocycles. The van der Waals surface area contributed by atoms with Crippen LogP contribution in [0.1, 0.15) is 31.7 Å². The number of hydrogen-bond acceptors (Lipinski definition) is 2. The second-order valence-corrected chi connectivity index (χ2v) is 4.98. The van der Waals surface area contributed by atoms with Crippen LogP contribution in [0.3, 0.4) is 0 Å². The van der Waals surface area contributed by atoms with Crippen molar-refractivity contribution in [3.8, 4) is 11.3 Å². The summed E-state index contributed by atoms with van der Waals surface area (Å²) >= 11 is 0. The summed E-state index contributed by atoms with van der Waals surface area (Å²) in [7, 11) is 0. The van der Waals surface area contributed by atoms with Crippen molar-refractivity contribution < 1.29 is 0 Å². The number of nitrogens with zero attached hydrogens (tertiary/aromatic N) is 1. The standard InChI is InChI=1S/C17H22N2O/c1-2-3-7-12-19-16(14-8-5-4-6-9-14)11-10-15(13-18)17(19)20/h4-6,8-11H,2-3,7,12-13,18H2,1H3. The number of aromatic nitrogens is 1. The van der Waals surface area contributed by atoms with Crippen LogP contribution in [0.25, 0.3) is 11.3 Å². The summed E-state index contributed by atoms with van der Waals surface area (Å²) in [6.45, 7) is 3.21. The molecule has 3 nitrogen and oxygen atoms in total. The van der Waals surface area contributed by atoms with Crippen LogP contribution in [0.15, 0.2) is 47.3 Å². The minimum absolute atomic E-state index is 0.0463. The van der Waals surface area contributed by atoms with E-state index >= 15 is 0 Å². The van der Waals surface area contributed by atoms with Gasteiger partial charge in [-0.1, -0.05) is 56.2 Å². The van der Waals surface area contributed by atoms with Crippen molar-refractivity contribution in [1.29, 1.82) is 0 Å². The van der Waals surface area contributed by atoms with Crippen molar-refractivity contribution in [1.82, 2.24) is 4.57 Å². The Kier molecular flexibility index (Phi) is 5.13. The lowest BCUT2D eigenvalue weighted by Gasteiger charge is -2.14. The lowest BCUT2D eigenvalue weighted by molar-refractivity contribution is 0.588. The van der Waals surface area contributed by atoms with Gasteiger partial charge in [-0.15, -0.1) is 0 Å². The van der Waals surface area contributed by atoms with Crippen LogP contribution >= 0.6 is 0 Å². The van der Waals surface area contributed by atoms with Crippen LogP contribution in [0.5, 0.6) is 0 Å². The monoisotopic (exact) mass is 270 g/mol. The third kappa shape index (κ3) is 3.17. The molecule has 0 bridgehead atoms. The molecule has 3 heteroatoms. The summed E-state index contributed by atoms with van der Waals surface area (Å²) in [5.41, 5.74) is 8.43. The van der Waals surface area contributed by atoms with Crippen molar-refractivity contribution in [3.63, 3.8) is 0 Å². The third-order valence-corrected chi connectivity index (χ3v) is 3.53. The number of unbranched alkanes of at least 4 members (excludes halogenated alkanes) is 2. The van der Waals surface area contributed by atoms with E-state index in [2.05, 4.69) is 6.92 Å². The Morgan fingerprint density at radius 3 is 2.45 bits per heavy atom. The first-order valence-corrected chi connectivity index (χ1v) is 7.26. The second-order valence-electron chi connectivity index (χ2n) is 4.98. The summed E-state index contributed by atoms with van der Waals surface area (Å²) < 4.78 is 1.87. The predicted molar refractivity (Wildman–Crippen MR) is 83.6 cm³/mol. The summed E-state index contributed by atoms with van der Waals surface area (Å²) in [6, 6.07) is 13.9. The molecule has 2 N–H and O–H groups in total. The Morgan fingerprint density at radius 1 is 1.05 bits per heavy atom. The van der Waals surface area contributed by atoms with Gasteiger partial charge in [-0.3, -0.25) is 4.79 Å². The molecule has 2 aromatic rings. The van der Waals surface area contributed by atoms with E-state index < -0.39 is 0 Å². The first-order valence-electron chi connectivity index (χ1n) is 7.26. The van der Waals surface area contributed by atoms with E-state index in [0.717, 1.165) is 37.1 Å². The predicted octanol–water partition coefficient (Wildman–Crippen LogP) is 3.16. The van der Waals surface area contributed by atoms with Crippen molar-refractivity contribution >= 4 is 0 Å². The molecule has 0 saturated heterocycles. The van der Waals surface area contributed by atoms with Crippen molar-refractivity contribution in [2.45, 2.75) is 39.3 Å². The van der Waals surface area contributed by atoms with Gasteiger partial charge in [0.05, 0.1) is 5.69 Å². The van der Waals surface area contributed by atoms with Gasteiger partial charge in [0.15, 0.2) is 0 Å². The number of rotatable bonds is 6. The van der Waals surface area contributed by atoms with E-state index in [1.807, 2.05) is 47.0 Å². The quantitative estimate of drug-likeness (QED) is 0.820. The van der Waals surface area contributed by atoms with Crippen molar-refractivity contribution in [3.05, 3.63) is 58.4 Å². The molecular weight excluding hydrogens is 248 g/mol. The van der Waals surface area contributed by atoms with Crippen molar-refractivity contribution in [2.75, 3.05) is 0 Å². The molecular formula is C17H22N2O. The number of nitrogens with two attached hydrogens (primary N) is 1. The summed E-state index contributed by atoms with van der Waals surface area (Å²) in [5, 5.41) is 0. The van der Waals surface area contributed by atoms with Gasteiger partial charge in [0.2, 0.25) is 0 Å². The normalized spacial score (nSPS) is 10.7. The van der Waals surface area contributed by atoms with Crippen LogP contribution in [-0.4, -0.2) is 4.57 Å². The van der Waals surface area contributed by atoms with E-state index in [0.29, 0.717) is 12.1 Å². The molecule has 0 aliphatic carbocycles. The first kappa shape index (κ1) is 14.5. The molecule has 0 unspecified atom stereocenters. The SMILES string of the molecule is CCCCCn1c(-c2ccccc2)ccc(CN)c1=O. The van der Waals surface area contributed by atoms with Crippen LogP contribution < -0.4 is 11.3 Å². The molecule has 0 spiro atoms. The fraction of sp³-hybridized carbons (Fsp3) is 0.353. The van der Waals surface area contributed by atoms with E-state index in [9.17, 15) is 4.79 Å². The summed E-state index contributed by atoms with van der Waals surface area (Å²) in [6.07, 6.45) is 3.30. The largest absolute Gasteiger partial charge is 0.326 e. The van der Waals surface area contributed by atoms with Gasteiger partial charge in [0.1, 0.15) is 0 Å². The number of hydrogen-bond donors (Lipinski definition) is 1. The third-order valence-electron chi connectivity index (χ3n) is 3.53. The average Bonchev–Trinajstić information content (AvgIpc) is 2.50. The lowest BCUT2D eigenvalue weighted by atomic mass is 10.1. The highest BCUT2D eigenvalue weighted by Crippen LogP contribution is 2.18. The van der Waals surface area contributed by atoms with Gasteiger partial charge in [0, 0.05) is 18.7 Å². The molecule has 2 rings (SSSR count). The van der Waals surface area contributed by atoms with Crippen LogP contribution in [0.4, 0.5) is 0 Å². The summed E-state index contributed by atoms with van der Waals surface area (Å²) in [4.78, 5) is 12.5. The minimum atomic E-state index is 0.0463. The van der Waals surface area contributed by atoms with Gasteiger partial charge >= 0.3 is 0 Å². The van der Waals surface area contributed by atoms with Gasteiger partial charge in [-0.05, 0) is 18.1 Å². The topological polar surface area (TPSA) is 48.0 Å². The first-order chi connectivity index (χ1) is 9.77. The zero-order valence-electron chi connectivity index (χ0n) is 12.0. The van der Waals surface area contributed by atoms with E-state index in [-0.39, 0.29) is 5.56 Å². The Morgan fingerprint density at radius 2 is 1.80 bits per heavy atom. The fourth-order valence-electron chi connectivity index (χ4n) is 2.38. The highest BCUT2D eigenvalue weighted by molar-refractivity contribution is 5.59. The zero-order valence-corrected chi connectivity index (χ0v) is 12.0. The average molecular weight is 270 g/mol. The maximum Gasteiger partial charge on any atom is 0.255 e. The maximum atomic E-state index is 12.5. The zero-order chi connectivity index (χ0) is 14.4. The number of pyridine rings is 1. The van der Waals surface area contributed by atoms with Crippen LogP contribution in [0, 0.1) is 0 Å².